The molecule has 22 heavy (non-hydrogen) atoms. The molecule has 0 aromatic heterocycles. The van der Waals surface area contributed by atoms with Crippen LogP contribution in [0.5, 0.6) is 0 Å². The third kappa shape index (κ3) is 3.58. The largest absolute Gasteiger partial charge is 0.465 e. The first kappa shape index (κ1) is 15.4. The zero-order valence-electron chi connectivity index (χ0n) is 12.1. The van der Waals surface area contributed by atoms with E-state index in [1.165, 1.54) is 13.2 Å². The van der Waals surface area contributed by atoms with Crippen molar-refractivity contribution in [1.29, 1.82) is 0 Å². The predicted molar refractivity (Wildman–Crippen MR) is 83.6 cm³/mol. The molecule has 0 aliphatic rings. The monoisotopic (exact) mass is 297 g/mol. The van der Waals surface area contributed by atoms with Crippen molar-refractivity contribution in [2.24, 2.45) is 0 Å². The molecule has 0 amide bonds. The Balaban J connectivity index is 2.21. The highest BCUT2D eigenvalue weighted by molar-refractivity contribution is 5.93. The summed E-state index contributed by atoms with van der Waals surface area (Å²) < 4.78 is 4.73. The van der Waals surface area contributed by atoms with Crippen molar-refractivity contribution in [1.82, 2.24) is 0 Å². The molecule has 0 radical (unpaired) electrons. The van der Waals surface area contributed by atoms with Crippen LogP contribution in [0.15, 0.2) is 54.6 Å². The third-order valence-electron chi connectivity index (χ3n) is 3.19. The van der Waals surface area contributed by atoms with Gasteiger partial charge in [0.25, 0.3) is 5.69 Å². The minimum Gasteiger partial charge on any atom is -0.465 e. The van der Waals surface area contributed by atoms with Gasteiger partial charge in [0.05, 0.1) is 17.6 Å². The molecule has 0 unspecified atom stereocenters. The molecule has 0 spiro atoms. The maximum absolute atomic E-state index is 11.7. The van der Waals surface area contributed by atoms with Gasteiger partial charge >= 0.3 is 5.97 Å². The number of rotatable bonds is 5. The van der Waals surface area contributed by atoms with Crippen LogP contribution in [0.3, 0.4) is 0 Å². The first-order valence-corrected chi connectivity index (χ1v) is 6.69. The molecular formula is C17H15NO4. The first-order chi connectivity index (χ1) is 10.6. The van der Waals surface area contributed by atoms with Crippen LogP contribution in [-0.4, -0.2) is 18.0 Å². The Morgan fingerprint density at radius 1 is 1.18 bits per heavy atom. The number of esters is 1. The fourth-order valence-corrected chi connectivity index (χ4v) is 2.11. The fourth-order valence-electron chi connectivity index (χ4n) is 2.11. The van der Waals surface area contributed by atoms with E-state index in [1.54, 1.807) is 48.6 Å². The molecule has 2 rings (SSSR count). The fraction of sp³-hybridized carbons (Fsp3) is 0.118. The van der Waals surface area contributed by atoms with Gasteiger partial charge in [-0.3, -0.25) is 10.1 Å². The normalized spacial score (nSPS) is 10.6. The maximum Gasteiger partial charge on any atom is 0.338 e. The van der Waals surface area contributed by atoms with Gasteiger partial charge in [-0.2, -0.15) is 0 Å². The lowest BCUT2D eigenvalue weighted by atomic mass is 10.0. The molecule has 2 aromatic rings. The topological polar surface area (TPSA) is 69.4 Å². The van der Waals surface area contributed by atoms with E-state index in [-0.39, 0.29) is 5.69 Å². The number of para-hydroxylation sites is 1. The number of methoxy groups -OCH3 is 1. The second kappa shape index (κ2) is 7.17. The predicted octanol–water partition coefficient (Wildman–Crippen LogP) is 3.64. The number of nitro groups is 1. The molecular weight excluding hydrogens is 282 g/mol. The van der Waals surface area contributed by atoms with E-state index < -0.39 is 10.9 Å². The van der Waals surface area contributed by atoms with Gasteiger partial charge in [0, 0.05) is 11.6 Å². The molecule has 0 atom stereocenters. The molecule has 0 aliphatic carbocycles. The maximum atomic E-state index is 11.7. The Kier molecular flexibility index (Phi) is 5.03. The van der Waals surface area contributed by atoms with Gasteiger partial charge in [0.2, 0.25) is 0 Å². The summed E-state index contributed by atoms with van der Waals surface area (Å²) >= 11 is 0. The lowest BCUT2D eigenvalue weighted by Crippen LogP contribution is -2.03. The minimum absolute atomic E-state index is 0.0911. The van der Waals surface area contributed by atoms with Gasteiger partial charge < -0.3 is 4.74 Å². The van der Waals surface area contributed by atoms with E-state index in [0.717, 1.165) is 0 Å². The number of nitrogens with zero attached hydrogens (tertiary/aromatic N) is 1. The van der Waals surface area contributed by atoms with Crippen LogP contribution in [0.2, 0.25) is 0 Å². The molecule has 0 heterocycles. The zero-order chi connectivity index (χ0) is 15.9. The molecule has 0 saturated heterocycles. The van der Waals surface area contributed by atoms with Crippen LogP contribution in [0.4, 0.5) is 5.69 Å². The molecule has 112 valence electrons. The number of hydrogen-bond acceptors (Lipinski definition) is 4. The van der Waals surface area contributed by atoms with Gasteiger partial charge in [0.1, 0.15) is 0 Å². The molecule has 0 bridgehead atoms. The lowest BCUT2D eigenvalue weighted by molar-refractivity contribution is -0.385. The van der Waals surface area contributed by atoms with E-state index in [0.29, 0.717) is 23.1 Å². The Hall–Kier alpha value is -2.95. The zero-order valence-corrected chi connectivity index (χ0v) is 12.1. The summed E-state index contributed by atoms with van der Waals surface area (Å²) in [4.78, 5) is 22.2. The number of benzene rings is 2. The van der Waals surface area contributed by atoms with Crippen molar-refractivity contribution in [3.8, 4) is 0 Å². The van der Waals surface area contributed by atoms with Gasteiger partial charge in [0.15, 0.2) is 0 Å². The highest BCUT2D eigenvalue weighted by Gasteiger charge is 2.11. The summed E-state index contributed by atoms with van der Waals surface area (Å²) in [6.07, 6.45) is 3.97. The van der Waals surface area contributed by atoms with Crippen molar-refractivity contribution < 1.29 is 14.5 Å². The highest BCUT2D eigenvalue weighted by atomic mass is 16.6. The van der Waals surface area contributed by atoms with Crippen LogP contribution < -0.4 is 0 Å². The smallest absolute Gasteiger partial charge is 0.338 e. The summed E-state index contributed by atoms with van der Waals surface area (Å²) in [6.45, 7) is 0. The van der Waals surface area contributed by atoms with E-state index in [2.05, 4.69) is 0 Å². The van der Waals surface area contributed by atoms with E-state index in [1.807, 2.05) is 6.07 Å². The van der Waals surface area contributed by atoms with Crippen LogP contribution >= 0.6 is 0 Å². The third-order valence-corrected chi connectivity index (χ3v) is 3.19. The summed E-state index contributed by atoms with van der Waals surface area (Å²) in [5.41, 5.74) is 1.89. The number of carbonyl (C=O) groups excluding carboxylic acids is 1. The van der Waals surface area contributed by atoms with Crippen molar-refractivity contribution in [3.63, 3.8) is 0 Å². The molecule has 5 heteroatoms. The van der Waals surface area contributed by atoms with Crippen LogP contribution in [-0.2, 0) is 11.2 Å². The van der Waals surface area contributed by atoms with E-state index >= 15 is 0 Å². The summed E-state index contributed by atoms with van der Waals surface area (Å²) in [6, 6.07) is 13.6. The second-order valence-electron chi connectivity index (χ2n) is 4.57. The SMILES string of the molecule is COC(=O)c1ccccc1/C=C/Cc1ccccc1[N+](=O)[O-]. The number of allylic oxidation sites excluding steroid dienone is 1. The Bertz CT molecular complexity index is 722. The molecule has 2 aromatic carbocycles. The molecule has 0 fully saturated rings. The molecule has 0 N–H and O–H groups in total. The second-order valence-corrected chi connectivity index (χ2v) is 4.57. The van der Waals surface area contributed by atoms with Gasteiger partial charge in [-0.1, -0.05) is 48.6 Å². The summed E-state index contributed by atoms with van der Waals surface area (Å²) in [5.74, 6) is -0.411. The van der Waals surface area contributed by atoms with Gasteiger partial charge in [-0.25, -0.2) is 4.79 Å². The number of ether oxygens (including phenoxy) is 1. The van der Waals surface area contributed by atoms with Crippen LogP contribution in [0.1, 0.15) is 21.5 Å². The lowest BCUT2D eigenvalue weighted by Gasteiger charge is -2.03. The molecule has 5 nitrogen and oxygen atoms in total. The molecule has 0 saturated carbocycles. The standard InChI is InChI=1S/C17H15NO4/c1-22-17(19)15-11-4-2-7-13(15)9-6-10-14-8-3-5-12-16(14)18(20)21/h2-9,11-12H,10H2,1H3/b9-6+. The van der Waals surface area contributed by atoms with Crippen molar-refractivity contribution in [2.45, 2.75) is 6.42 Å². The van der Waals surface area contributed by atoms with Crippen LogP contribution in [0, 0.1) is 10.1 Å². The number of nitro benzene ring substituents is 1. The number of hydrogen-bond donors (Lipinski definition) is 0. The molecule has 0 aliphatic heterocycles. The van der Waals surface area contributed by atoms with Gasteiger partial charge in [-0.15, -0.1) is 0 Å². The average molecular weight is 297 g/mol. The Morgan fingerprint density at radius 2 is 1.86 bits per heavy atom. The van der Waals surface area contributed by atoms with Crippen molar-refractivity contribution in [3.05, 3.63) is 81.4 Å². The summed E-state index contributed by atoms with van der Waals surface area (Å²) in [7, 11) is 1.33. The minimum atomic E-state index is -0.411. The van der Waals surface area contributed by atoms with Crippen LogP contribution in [0.25, 0.3) is 6.08 Å². The Morgan fingerprint density at radius 3 is 2.59 bits per heavy atom. The van der Waals surface area contributed by atoms with Crippen molar-refractivity contribution in [2.75, 3.05) is 7.11 Å². The average Bonchev–Trinajstić information content (AvgIpc) is 2.55. The summed E-state index contributed by atoms with van der Waals surface area (Å²) in [5, 5.41) is 11.0. The highest BCUT2D eigenvalue weighted by Crippen LogP contribution is 2.19. The quantitative estimate of drug-likeness (QED) is 0.480. The number of carbonyl (C=O) groups is 1. The van der Waals surface area contributed by atoms with Gasteiger partial charge in [-0.05, 0) is 18.1 Å². The van der Waals surface area contributed by atoms with E-state index in [4.69, 9.17) is 4.74 Å². The van der Waals surface area contributed by atoms with Crippen molar-refractivity contribution >= 4 is 17.7 Å². The first-order valence-electron chi connectivity index (χ1n) is 6.69. The Labute approximate surface area is 128 Å². The van der Waals surface area contributed by atoms with E-state index in [9.17, 15) is 14.9 Å².